The molecule has 0 spiro atoms. The molecule has 110 valence electrons. The van der Waals surface area contributed by atoms with Gasteiger partial charge in [0.25, 0.3) is 0 Å². The maximum absolute atomic E-state index is 5.75. The highest BCUT2D eigenvalue weighted by atomic mass is 35.5. The molecule has 0 aliphatic carbocycles. The third-order valence-corrected chi connectivity index (χ3v) is 2.94. The molecule has 0 aliphatic heterocycles. The lowest BCUT2D eigenvalue weighted by Crippen LogP contribution is -2.02. The molecule has 0 saturated heterocycles. The van der Waals surface area contributed by atoms with Crippen molar-refractivity contribution in [2.45, 2.75) is 6.54 Å². The summed E-state index contributed by atoms with van der Waals surface area (Å²) in [7, 11) is 0. The zero-order valence-corrected chi connectivity index (χ0v) is 12.2. The molecule has 0 unspecified atom stereocenters. The van der Waals surface area contributed by atoms with Crippen LogP contribution in [0.2, 0.25) is 5.28 Å². The molecule has 22 heavy (non-hydrogen) atoms. The molecule has 0 aliphatic rings. The first-order valence-electron chi connectivity index (χ1n) is 6.55. The molecule has 2 aromatic heterocycles. The summed E-state index contributed by atoms with van der Waals surface area (Å²) in [5.41, 5.74) is 1.04. The fourth-order valence-electron chi connectivity index (χ4n) is 1.80. The van der Waals surface area contributed by atoms with Crippen LogP contribution in [0.3, 0.4) is 0 Å². The van der Waals surface area contributed by atoms with Gasteiger partial charge in [0.1, 0.15) is 11.6 Å². The van der Waals surface area contributed by atoms with Gasteiger partial charge in [0, 0.05) is 25.1 Å². The first kappa shape index (κ1) is 14.2. The number of benzene rings is 1. The summed E-state index contributed by atoms with van der Waals surface area (Å²) in [5, 5.41) is 3.39. The van der Waals surface area contributed by atoms with Gasteiger partial charge in [-0.05, 0) is 35.4 Å². The lowest BCUT2D eigenvalue weighted by Gasteiger charge is -2.08. The highest BCUT2D eigenvalue weighted by molar-refractivity contribution is 6.28. The molecule has 7 heteroatoms. The third-order valence-electron chi connectivity index (χ3n) is 2.76. The molecule has 6 nitrogen and oxygen atoms in total. The second-order valence-corrected chi connectivity index (χ2v) is 4.70. The van der Waals surface area contributed by atoms with Gasteiger partial charge in [0.05, 0.1) is 6.20 Å². The average molecular weight is 314 g/mol. The molecule has 1 aromatic carbocycles. The van der Waals surface area contributed by atoms with Gasteiger partial charge in [-0.2, -0.15) is 0 Å². The van der Waals surface area contributed by atoms with E-state index in [0.29, 0.717) is 24.0 Å². The van der Waals surface area contributed by atoms with E-state index < -0.39 is 0 Å². The zero-order chi connectivity index (χ0) is 15.2. The van der Waals surface area contributed by atoms with Crippen LogP contribution in [0.4, 0.5) is 5.82 Å². The van der Waals surface area contributed by atoms with Gasteiger partial charge in [-0.3, -0.25) is 4.98 Å². The summed E-state index contributed by atoms with van der Waals surface area (Å²) in [6.07, 6.45) is 6.35. The van der Waals surface area contributed by atoms with Crippen molar-refractivity contribution in [1.29, 1.82) is 0 Å². The first-order chi connectivity index (χ1) is 10.8. The normalized spacial score (nSPS) is 10.2. The Kier molecular flexibility index (Phi) is 4.41. The number of nitrogens with zero attached hydrogens (tertiary/aromatic N) is 4. The molecular weight excluding hydrogens is 302 g/mol. The maximum atomic E-state index is 5.75. The standard InChI is InChI=1S/C15H12ClN5O/c16-15-19-5-4-13(21-15)20-9-11-2-1-3-12(8-11)22-14-10-17-6-7-18-14/h1-8,10H,9H2,(H,19,20,21). The number of rotatable bonds is 5. The Labute approximate surface area is 132 Å². The molecule has 0 fully saturated rings. The van der Waals surface area contributed by atoms with Crippen molar-refractivity contribution in [3.8, 4) is 11.6 Å². The van der Waals surface area contributed by atoms with E-state index in [2.05, 4.69) is 25.3 Å². The monoisotopic (exact) mass is 313 g/mol. The Morgan fingerprint density at radius 3 is 2.86 bits per heavy atom. The molecule has 3 rings (SSSR count). The number of aromatic nitrogens is 4. The first-order valence-corrected chi connectivity index (χ1v) is 6.92. The Morgan fingerprint density at radius 2 is 2.05 bits per heavy atom. The molecule has 1 N–H and O–H groups in total. The van der Waals surface area contributed by atoms with E-state index in [1.54, 1.807) is 30.9 Å². The van der Waals surface area contributed by atoms with Gasteiger partial charge in [-0.25, -0.2) is 15.0 Å². The minimum absolute atomic E-state index is 0.213. The van der Waals surface area contributed by atoms with E-state index in [4.69, 9.17) is 16.3 Å². The molecule has 0 amide bonds. The Morgan fingerprint density at radius 1 is 1.09 bits per heavy atom. The number of anilines is 1. The van der Waals surface area contributed by atoms with E-state index in [1.807, 2.05) is 24.3 Å². The number of halogens is 1. The Bertz CT molecular complexity index is 754. The molecule has 3 aromatic rings. The van der Waals surface area contributed by atoms with E-state index in [0.717, 1.165) is 5.56 Å². The van der Waals surface area contributed by atoms with Gasteiger partial charge < -0.3 is 10.1 Å². The number of hydrogen-bond acceptors (Lipinski definition) is 6. The fraction of sp³-hybridized carbons (Fsp3) is 0.0667. The summed E-state index contributed by atoms with van der Waals surface area (Å²) in [6, 6.07) is 9.44. The van der Waals surface area contributed by atoms with Crippen molar-refractivity contribution >= 4 is 17.4 Å². The summed E-state index contributed by atoms with van der Waals surface area (Å²) >= 11 is 5.75. The highest BCUT2D eigenvalue weighted by Gasteiger charge is 2.01. The minimum Gasteiger partial charge on any atom is -0.437 e. The van der Waals surface area contributed by atoms with Crippen LogP contribution in [0.15, 0.2) is 55.1 Å². The van der Waals surface area contributed by atoms with Crippen LogP contribution in [0.5, 0.6) is 11.6 Å². The van der Waals surface area contributed by atoms with Crippen LogP contribution in [0.1, 0.15) is 5.56 Å². The minimum atomic E-state index is 0.213. The van der Waals surface area contributed by atoms with Gasteiger partial charge in [-0.1, -0.05) is 12.1 Å². The van der Waals surface area contributed by atoms with E-state index in [-0.39, 0.29) is 5.28 Å². The number of nitrogens with one attached hydrogen (secondary N) is 1. The smallest absolute Gasteiger partial charge is 0.237 e. The fourth-order valence-corrected chi connectivity index (χ4v) is 1.95. The second kappa shape index (κ2) is 6.82. The van der Waals surface area contributed by atoms with Gasteiger partial charge in [0.2, 0.25) is 11.2 Å². The van der Waals surface area contributed by atoms with Crippen LogP contribution in [0, 0.1) is 0 Å². The lowest BCUT2D eigenvalue weighted by atomic mass is 10.2. The molecule has 0 saturated carbocycles. The molecule has 0 atom stereocenters. The van der Waals surface area contributed by atoms with Crippen LogP contribution in [-0.4, -0.2) is 19.9 Å². The van der Waals surface area contributed by atoms with Gasteiger partial charge in [-0.15, -0.1) is 0 Å². The van der Waals surface area contributed by atoms with Crippen LogP contribution < -0.4 is 10.1 Å². The number of hydrogen-bond donors (Lipinski definition) is 1. The topological polar surface area (TPSA) is 72.8 Å². The van der Waals surface area contributed by atoms with Crippen LogP contribution in [0.25, 0.3) is 0 Å². The van der Waals surface area contributed by atoms with Crippen molar-refractivity contribution < 1.29 is 4.74 Å². The van der Waals surface area contributed by atoms with Crippen molar-refractivity contribution in [2.24, 2.45) is 0 Å². The zero-order valence-electron chi connectivity index (χ0n) is 11.5. The highest BCUT2D eigenvalue weighted by Crippen LogP contribution is 2.20. The lowest BCUT2D eigenvalue weighted by molar-refractivity contribution is 0.459. The van der Waals surface area contributed by atoms with E-state index >= 15 is 0 Å². The van der Waals surface area contributed by atoms with Gasteiger partial charge in [0.15, 0.2) is 0 Å². The summed E-state index contributed by atoms with van der Waals surface area (Å²) < 4.78 is 5.64. The predicted molar refractivity (Wildman–Crippen MR) is 82.9 cm³/mol. The van der Waals surface area contributed by atoms with Crippen molar-refractivity contribution in [2.75, 3.05) is 5.32 Å². The molecular formula is C15H12ClN5O. The summed E-state index contributed by atoms with van der Waals surface area (Å²) in [6.45, 7) is 0.588. The average Bonchev–Trinajstić information content (AvgIpc) is 2.54. The maximum Gasteiger partial charge on any atom is 0.237 e. The Hall–Kier alpha value is -2.73. The molecule has 2 heterocycles. The SMILES string of the molecule is Clc1nccc(NCc2cccc(Oc3cnccn3)c2)n1. The Balaban J connectivity index is 1.66. The van der Waals surface area contributed by atoms with Crippen molar-refractivity contribution in [3.05, 3.63) is 66.0 Å². The van der Waals surface area contributed by atoms with E-state index in [9.17, 15) is 0 Å². The third kappa shape index (κ3) is 3.89. The summed E-state index contributed by atoms with van der Waals surface area (Å²) in [5.74, 6) is 1.82. The second-order valence-electron chi connectivity index (χ2n) is 4.36. The van der Waals surface area contributed by atoms with Crippen molar-refractivity contribution in [1.82, 2.24) is 19.9 Å². The molecule has 0 radical (unpaired) electrons. The molecule has 0 bridgehead atoms. The number of ether oxygens (including phenoxy) is 1. The van der Waals surface area contributed by atoms with Crippen LogP contribution >= 0.6 is 11.6 Å². The van der Waals surface area contributed by atoms with E-state index in [1.165, 1.54) is 0 Å². The van der Waals surface area contributed by atoms with Crippen LogP contribution in [-0.2, 0) is 6.54 Å². The predicted octanol–water partition coefficient (Wildman–Crippen LogP) is 3.32. The van der Waals surface area contributed by atoms with Crippen molar-refractivity contribution in [3.63, 3.8) is 0 Å². The largest absolute Gasteiger partial charge is 0.437 e. The van der Waals surface area contributed by atoms with Gasteiger partial charge >= 0.3 is 0 Å². The summed E-state index contributed by atoms with van der Waals surface area (Å²) in [4.78, 5) is 15.9. The quantitative estimate of drug-likeness (QED) is 0.728.